The normalized spacial score (nSPS) is 15.4. The Bertz CT molecular complexity index is 1530. The van der Waals surface area contributed by atoms with Gasteiger partial charge in [-0.3, -0.25) is 15.0 Å². The van der Waals surface area contributed by atoms with Crippen LogP contribution in [0.25, 0.3) is 10.9 Å². The number of hydrogen-bond donors (Lipinski definition) is 3. The van der Waals surface area contributed by atoms with E-state index in [9.17, 15) is 18.0 Å². The monoisotopic (exact) mass is 488 g/mol. The van der Waals surface area contributed by atoms with Crippen molar-refractivity contribution in [3.8, 4) is 0 Å². The number of nitrogens with one attached hydrogen (secondary N) is 3. The molecule has 4 aromatic rings. The van der Waals surface area contributed by atoms with Crippen LogP contribution in [-0.4, -0.2) is 36.7 Å². The maximum atomic E-state index is 13.3. The van der Waals surface area contributed by atoms with Gasteiger partial charge in [0.1, 0.15) is 0 Å². The van der Waals surface area contributed by atoms with Crippen molar-refractivity contribution >= 4 is 32.7 Å². The highest BCUT2D eigenvalue weighted by Gasteiger charge is 2.39. The average Bonchev–Trinajstić information content (AvgIpc) is 3.34. The van der Waals surface area contributed by atoms with Crippen molar-refractivity contribution in [3.05, 3.63) is 101 Å². The molecule has 0 radical (unpaired) electrons. The van der Waals surface area contributed by atoms with Gasteiger partial charge < -0.3 is 9.88 Å². The van der Waals surface area contributed by atoms with Crippen LogP contribution in [0.15, 0.2) is 83.8 Å². The van der Waals surface area contributed by atoms with E-state index in [0.29, 0.717) is 5.56 Å². The molecule has 1 aliphatic heterocycles. The lowest BCUT2D eigenvalue weighted by Gasteiger charge is -2.26. The molecule has 0 spiro atoms. The van der Waals surface area contributed by atoms with Gasteiger partial charge in [-0.25, -0.2) is 8.42 Å². The van der Waals surface area contributed by atoms with Gasteiger partial charge in [-0.1, -0.05) is 54.6 Å². The van der Waals surface area contributed by atoms with Gasteiger partial charge in [-0.15, -0.1) is 4.83 Å². The van der Waals surface area contributed by atoms with Crippen molar-refractivity contribution in [2.45, 2.75) is 24.3 Å². The number of fused-ring (bicyclic) bond motifs is 2. The fourth-order valence-corrected chi connectivity index (χ4v) is 5.51. The Morgan fingerprint density at radius 3 is 2.46 bits per heavy atom. The van der Waals surface area contributed by atoms with Crippen molar-refractivity contribution in [1.29, 1.82) is 0 Å². The Kier molecular flexibility index (Phi) is 5.88. The third-order valence-corrected chi connectivity index (χ3v) is 7.50. The zero-order valence-electron chi connectivity index (χ0n) is 19.0. The fraction of sp³-hybridized carbons (Fsp3) is 0.154. The third kappa shape index (κ3) is 4.20. The summed E-state index contributed by atoms with van der Waals surface area (Å²) in [5.74, 6) is -0.699. The second-order valence-electron chi connectivity index (χ2n) is 8.41. The van der Waals surface area contributed by atoms with Crippen LogP contribution in [0.4, 0.5) is 0 Å². The number of aryl methyl sites for hydroxylation is 1. The summed E-state index contributed by atoms with van der Waals surface area (Å²) < 4.78 is 24.7. The largest absolute Gasteiger partial charge is 0.358 e. The second-order valence-corrected chi connectivity index (χ2v) is 10.1. The number of amides is 2. The Balaban J connectivity index is 1.37. The standard InChI is InChI=1S/C26H24N4O4S/c1-17-24(21-13-7-8-14-22(21)27-17)25-19-11-5-6-12-20(19)26(32)30(25)16-15-23(31)28-29-35(33,34)18-9-3-2-4-10-18/h2-14,25,27,29H,15-16H2,1H3,(H,28,31)/t25-/m1/s1. The Morgan fingerprint density at radius 1 is 0.971 bits per heavy atom. The maximum absolute atomic E-state index is 13.3. The number of H-pyrrole nitrogens is 1. The summed E-state index contributed by atoms with van der Waals surface area (Å²) in [6.45, 7) is 2.10. The van der Waals surface area contributed by atoms with Crippen LogP contribution >= 0.6 is 0 Å². The van der Waals surface area contributed by atoms with Crippen LogP contribution in [0, 0.1) is 6.92 Å². The van der Waals surface area contributed by atoms with E-state index >= 15 is 0 Å². The van der Waals surface area contributed by atoms with Gasteiger partial charge in [0.2, 0.25) is 5.91 Å². The van der Waals surface area contributed by atoms with Crippen molar-refractivity contribution in [2.24, 2.45) is 0 Å². The molecule has 1 atom stereocenters. The number of benzene rings is 3. The molecule has 0 saturated heterocycles. The van der Waals surface area contributed by atoms with Gasteiger partial charge in [0, 0.05) is 40.7 Å². The predicted molar refractivity (Wildman–Crippen MR) is 132 cm³/mol. The number of carbonyl (C=O) groups excluding carboxylic acids is 2. The van der Waals surface area contributed by atoms with Gasteiger partial charge >= 0.3 is 0 Å². The molecular weight excluding hydrogens is 464 g/mol. The number of para-hydroxylation sites is 1. The molecule has 5 rings (SSSR count). The first-order chi connectivity index (χ1) is 16.9. The summed E-state index contributed by atoms with van der Waals surface area (Å²) in [6.07, 6.45) is -0.0745. The molecule has 3 N–H and O–H groups in total. The first kappa shape index (κ1) is 22.8. The zero-order chi connectivity index (χ0) is 24.6. The van der Waals surface area contributed by atoms with E-state index in [-0.39, 0.29) is 29.8 Å². The smallest absolute Gasteiger partial charge is 0.257 e. The van der Waals surface area contributed by atoms with Crippen LogP contribution in [-0.2, 0) is 14.8 Å². The van der Waals surface area contributed by atoms with Gasteiger partial charge in [0.05, 0.1) is 10.9 Å². The molecule has 178 valence electrons. The zero-order valence-corrected chi connectivity index (χ0v) is 19.8. The number of aromatic nitrogens is 1. The number of rotatable bonds is 7. The summed E-state index contributed by atoms with van der Waals surface area (Å²) in [6, 6.07) is 22.8. The van der Waals surface area contributed by atoms with Crippen LogP contribution < -0.4 is 10.3 Å². The molecule has 3 aromatic carbocycles. The topological polar surface area (TPSA) is 111 Å². The second kappa shape index (κ2) is 9.01. The first-order valence-corrected chi connectivity index (χ1v) is 12.7. The molecule has 2 amide bonds. The highest BCUT2D eigenvalue weighted by atomic mass is 32.2. The van der Waals surface area contributed by atoms with Crippen molar-refractivity contribution in [3.63, 3.8) is 0 Å². The predicted octanol–water partition coefficient (Wildman–Crippen LogP) is 3.42. The van der Waals surface area contributed by atoms with Gasteiger partial charge in [0.25, 0.3) is 15.9 Å². The summed E-state index contributed by atoms with van der Waals surface area (Å²) >= 11 is 0. The third-order valence-electron chi connectivity index (χ3n) is 6.23. The van der Waals surface area contributed by atoms with E-state index in [1.54, 1.807) is 29.2 Å². The Labute approximate surface area is 203 Å². The van der Waals surface area contributed by atoms with Crippen LogP contribution in [0.5, 0.6) is 0 Å². The van der Waals surface area contributed by atoms with E-state index in [1.165, 1.54) is 12.1 Å². The van der Waals surface area contributed by atoms with Gasteiger partial charge in [0.15, 0.2) is 0 Å². The first-order valence-electron chi connectivity index (χ1n) is 11.2. The Morgan fingerprint density at radius 2 is 1.66 bits per heavy atom. The van der Waals surface area contributed by atoms with Gasteiger partial charge in [-0.2, -0.15) is 0 Å². The van der Waals surface area contributed by atoms with Crippen molar-refractivity contribution in [2.75, 3.05) is 6.54 Å². The summed E-state index contributed by atoms with van der Waals surface area (Å²) in [5, 5.41) is 1.02. The molecule has 2 heterocycles. The van der Waals surface area contributed by atoms with Crippen molar-refractivity contribution < 1.29 is 18.0 Å². The highest BCUT2D eigenvalue weighted by Crippen LogP contribution is 2.42. The van der Waals surface area contributed by atoms with E-state index < -0.39 is 15.9 Å². The van der Waals surface area contributed by atoms with Gasteiger partial charge in [-0.05, 0) is 36.8 Å². The average molecular weight is 489 g/mol. The lowest BCUT2D eigenvalue weighted by molar-refractivity contribution is -0.121. The van der Waals surface area contributed by atoms with Crippen LogP contribution in [0.3, 0.4) is 0 Å². The van der Waals surface area contributed by atoms with Crippen LogP contribution in [0.1, 0.15) is 39.6 Å². The number of hydrogen-bond acceptors (Lipinski definition) is 4. The summed E-state index contributed by atoms with van der Waals surface area (Å²) in [7, 11) is -3.89. The molecule has 0 unspecified atom stereocenters. The molecule has 0 aliphatic carbocycles. The molecule has 8 nitrogen and oxygen atoms in total. The number of hydrazine groups is 1. The SMILES string of the molecule is Cc1[nH]c2ccccc2c1[C@H]1c2ccccc2C(=O)N1CCC(=O)NNS(=O)(=O)c1ccccc1. The molecule has 0 bridgehead atoms. The molecule has 35 heavy (non-hydrogen) atoms. The number of sulfonamides is 1. The summed E-state index contributed by atoms with van der Waals surface area (Å²) in [5.41, 5.74) is 6.66. The van der Waals surface area contributed by atoms with Crippen molar-refractivity contribution in [1.82, 2.24) is 20.1 Å². The Hall–Kier alpha value is -3.95. The maximum Gasteiger partial charge on any atom is 0.257 e. The van der Waals surface area contributed by atoms with E-state index in [2.05, 4.69) is 15.2 Å². The molecule has 0 saturated carbocycles. The summed E-state index contributed by atoms with van der Waals surface area (Å²) in [4.78, 5) is 33.1. The van der Waals surface area contributed by atoms with Crippen LogP contribution in [0.2, 0.25) is 0 Å². The quantitative estimate of drug-likeness (QED) is 0.346. The lowest BCUT2D eigenvalue weighted by Crippen LogP contribution is -2.43. The minimum Gasteiger partial charge on any atom is -0.358 e. The molecular formula is C26H24N4O4S. The number of nitrogens with zero attached hydrogens (tertiary/aromatic N) is 1. The van der Waals surface area contributed by atoms with E-state index in [1.807, 2.05) is 49.4 Å². The minimum atomic E-state index is -3.89. The van der Waals surface area contributed by atoms with E-state index in [4.69, 9.17) is 0 Å². The highest BCUT2D eigenvalue weighted by molar-refractivity contribution is 7.89. The number of carbonyl (C=O) groups is 2. The number of aromatic amines is 1. The lowest BCUT2D eigenvalue weighted by atomic mass is 9.95. The fourth-order valence-electron chi connectivity index (χ4n) is 4.63. The molecule has 9 heteroatoms. The van der Waals surface area contributed by atoms with E-state index in [0.717, 1.165) is 27.7 Å². The molecule has 0 fully saturated rings. The molecule has 1 aromatic heterocycles. The molecule has 1 aliphatic rings. The minimum absolute atomic E-state index is 0.0420.